The van der Waals surface area contributed by atoms with Crippen LogP contribution in [0.3, 0.4) is 0 Å². The van der Waals surface area contributed by atoms with Crippen LogP contribution in [0.1, 0.15) is 19.0 Å². The highest BCUT2D eigenvalue weighted by molar-refractivity contribution is 8.01. The molecule has 1 saturated heterocycles. The summed E-state index contributed by atoms with van der Waals surface area (Å²) in [5.74, 6) is -3.74. The molecular weight excluding hydrogens is 625 g/mol. The van der Waals surface area contributed by atoms with Gasteiger partial charge in [-0.1, -0.05) is 26.7 Å². The molecule has 6 N–H and O–H groups in total. The van der Waals surface area contributed by atoms with Gasteiger partial charge in [0, 0.05) is 16.9 Å². The molecular formula is C23H24N10O7S3. The minimum atomic E-state index is -1.54. The van der Waals surface area contributed by atoms with Crippen LogP contribution in [0.5, 0.6) is 0 Å². The van der Waals surface area contributed by atoms with Gasteiger partial charge in [-0.25, -0.2) is 14.3 Å². The standard InChI is InChI=1S/C23H24N10O7S3/c1-3-11(20(36)37)40-30-14(10-7-42-22(25)27-10)17(34)29-15-18(35)32-16(21(38)39)9(5-41-19(15)32)6-43-23-28-12(24)4-13-31(2)8-26-33(13)23/h4,7-8,11,15,19,24H,3,5-6H2,1-2H3,(H5,25,27,29,34,36,37,38,39)/b30-14-/t11-,15?,19+/m1/s1. The van der Waals surface area contributed by atoms with E-state index in [1.54, 1.807) is 35.4 Å². The summed E-state index contributed by atoms with van der Waals surface area (Å²) in [7, 11) is 1.79. The normalized spacial score (nSPS) is 19.2. The Morgan fingerprint density at radius 2 is 2.14 bits per heavy atom. The van der Waals surface area contributed by atoms with Crippen LogP contribution in [-0.4, -0.2) is 88.1 Å². The van der Waals surface area contributed by atoms with E-state index in [1.807, 2.05) is 0 Å². The van der Waals surface area contributed by atoms with Gasteiger partial charge >= 0.3 is 11.1 Å². The monoisotopic (exact) mass is 648 g/mol. The smallest absolute Gasteiger partial charge is 0.347 e. The summed E-state index contributed by atoms with van der Waals surface area (Å²) < 4.78 is 3.32. The van der Waals surface area contributed by atoms with E-state index in [-0.39, 0.29) is 46.0 Å². The van der Waals surface area contributed by atoms with Crippen molar-refractivity contribution in [1.29, 1.82) is 0 Å². The molecule has 0 saturated carbocycles. The number of nitrogens with zero attached hydrogens (tertiary/aromatic N) is 7. The minimum Gasteiger partial charge on any atom is -0.543 e. The lowest BCUT2D eigenvalue weighted by molar-refractivity contribution is -0.622. The molecule has 2 aliphatic rings. The number of oxime groups is 1. The van der Waals surface area contributed by atoms with Gasteiger partial charge in [0.2, 0.25) is 11.9 Å². The minimum absolute atomic E-state index is 0.0184. The van der Waals surface area contributed by atoms with Crippen molar-refractivity contribution >= 4 is 80.9 Å². The number of thioether (sulfide) groups is 2. The van der Waals surface area contributed by atoms with Gasteiger partial charge in [-0.15, -0.1) is 23.1 Å². The number of nitrogens with one attached hydrogen (secondary N) is 1. The molecule has 3 atom stereocenters. The topological polar surface area (TPSA) is 248 Å². The van der Waals surface area contributed by atoms with Crippen LogP contribution in [-0.2, 0) is 31.1 Å². The highest BCUT2D eigenvalue weighted by Gasteiger charge is 2.53. The van der Waals surface area contributed by atoms with Crippen LogP contribution >= 0.6 is 34.9 Å². The Kier molecular flexibility index (Phi) is 8.42. The average molecular weight is 649 g/mol. The van der Waals surface area contributed by atoms with Crippen LogP contribution in [0, 0.1) is 0 Å². The number of hydrogen-bond donors (Lipinski definition) is 4. The van der Waals surface area contributed by atoms with Crippen molar-refractivity contribution in [2.24, 2.45) is 12.2 Å². The molecule has 1 unspecified atom stereocenters. The number of nitrogens with two attached hydrogens (primary N) is 2. The van der Waals surface area contributed by atoms with Gasteiger partial charge in [0.25, 0.3) is 17.5 Å². The first-order chi connectivity index (χ1) is 20.5. The molecule has 17 nitrogen and oxygen atoms in total. The number of aryl methyl sites for hydroxylation is 1. The molecule has 2 amide bonds. The Hall–Kier alpha value is -4.43. The highest BCUT2D eigenvalue weighted by Crippen LogP contribution is 2.41. The molecule has 0 aliphatic carbocycles. The number of rotatable bonds is 11. The number of amides is 2. The Balaban J connectivity index is 1.34. The van der Waals surface area contributed by atoms with E-state index in [2.05, 4.69) is 25.5 Å². The van der Waals surface area contributed by atoms with Crippen molar-refractivity contribution in [2.45, 2.75) is 36.0 Å². The zero-order chi connectivity index (χ0) is 31.0. The summed E-state index contributed by atoms with van der Waals surface area (Å²) in [5, 5.41) is 33.2. The molecule has 20 heteroatoms. The number of carbonyl (C=O) groups excluding carboxylic acids is 3. The zero-order valence-electron chi connectivity index (χ0n) is 22.5. The number of nitrogen functional groups attached to an aromatic ring is 2. The molecule has 5 heterocycles. The molecule has 0 spiro atoms. The van der Waals surface area contributed by atoms with Crippen LogP contribution < -0.4 is 26.4 Å². The number of carboxylic acid groups (broad SMARTS) is 2. The summed E-state index contributed by atoms with van der Waals surface area (Å²) in [5.41, 5.74) is 12.1. The quantitative estimate of drug-likeness (QED) is 0.0437. The second-order valence-corrected chi connectivity index (χ2v) is 12.2. The molecule has 0 bridgehead atoms. The van der Waals surface area contributed by atoms with Crippen molar-refractivity contribution in [3.8, 4) is 0 Å². The molecule has 2 aliphatic heterocycles. The third-order valence-electron chi connectivity index (χ3n) is 6.40. The molecule has 226 valence electrons. The number of aliphatic carboxylic acids is 2. The molecule has 0 aromatic carbocycles. The second-order valence-electron chi connectivity index (χ2n) is 9.22. The molecule has 1 fully saturated rings. The van der Waals surface area contributed by atoms with Crippen LogP contribution in [0.25, 0.3) is 5.65 Å². The van der Waals surface area contributed by atoms with E-state index in [0.717, 1.165) is 16.2 Å². The molecule has 3 aromatic heterocycles. The zero-order valence-corrected chi connectivity index (χ0v) is 24.9. The Morgan fingerprint density at radius 3 is 2.79 bits per heavy atom. The van der Waals surface area contributed by atoms with Crippen molar-refractivity contribution in [3.05, 3.63) is 34.7 Å². The average Bonchev–Trinajstić information content (AvgIpc) is 3.56. The lowest BCUT2D eigenvalue weighted by Gasteiger charge is -2.50. The van der Waals surface area contributed by atoms with Gasteiger partial charge in [0.1, 0.15) is 17.1 Å². The number of hydrogen-bond acceptors (Lipinski definition) is 15. The highest BCUT2D eigenvalue weighted by atomic mass is 32.2. The largest absolute Gasteiger partial charge is 0.543 e. The number of aromatic nitrogens is 5. The number of fused-ring (bicyclic) bond motifs is 2. The lowest BCUT2D eigenvalue weighted by atomic mass is 10.0. The second kappa shape index (κ2) is 12.1. The van der Waals surface area contributed by atoms with Crippen LogP contribution in [0.4, 0.5) is 10.9 Å². The fraction of sp³-hybridized carbons (Fsp3) is 0.348. The molecule has 43 heavy (non-hydrogen) atoms. The number of carbonyl (C=O) groups is 4. The van der Waals surface area contributed by atoms with Crippen molar-refractivity contribution < 1.29 is 38.7 Å². The number of β-lactam (4-membered cyclic amide) rings is 1. The van der Waals surface area contributed by atoms with Crippen molar-refractivity contribution in [2.75, 3.05) is 23.0 Å². The van der Waals surface area contributed by atoms with E-state index in [0.29, 0.717) is 16.4 Å². The summed E-state index contributed by atoms with van der Waals surface area (Å²) in [4.78, 5) is 64.4. The van der Waals surface area contributed by atoms with Gasteiger partial charge in [-0.2, -0.15) is 0 Å². The summed E-state index contributed by atoms with van der Waals surface area (Å²) >= 11 is 3.47. The van der Waals surface area contributed by atoms with Crippen molar-refractivity contribution in [1.82, 2.24) is 29.9 Å². The maximum Gasteiger partial charge on any atom is 0.347 e. The number of thiazole rings is 1. The first-order valence-corrected chi connectivity index (χ1v) is 15.4. The lowest BCUT2D eigenvalue weighted by Crippen LogP contribution is -2.71. The van der Waals surface area contributed by atoms with E-state index in [1.165, 1.54) is 28.9 Å². The Labute approximate surface area is 255 Å². The SMILES string of the molecule is CC[C@@H](O/N=C(\C(=O)NC1C(=O)N2C(C(=O)[O-])=C(CSc3nc(N)cc4n(C)cn[n+]34)CS[C@@H]12)c1csc(N)n1)C(=O)O. The summed E-state index contributed by atoms with van der Waals surface area (Å²) in [6, 6.07) is 0.542. The van der Waals surface area contributed by atoms with Gasteiger partial charge < -0.3 is 36.6 Å². The third kappa shape index (κ3) is 5.79. The van der Waals surface area contributed by atoms with Gasteiger partial charge in [-0.3, -0.25) is 14.5 Å². The van der Waals surface area contributed by atoms with Gasteiger partial charge in [-0.05, 0) is 23.8 Å². The first-order valence-electron chi connectivity index (χ1n) is 12.5. The van der Waals surface area contributed by atoms with E-state index < -0.39 is 41.3 Å². The fourth-order valence-corrected chi connectivity index (χ4v) is 7.28. The van der Waals surface area contributed by atoms with Crippen molar-refractivity contribution in [3.63, 3.8) is 0 Å². The maximum absolute atomic E-state index is 13.2. The van der Waals surface area contributed by atoms with E-state index in [4.69, 9.17) is 16.3 Å². The predicted molar refractivity (Wildman–Crippen MR) is 152 cm³/mol. The first kappa shape index (κ1) is 30.0. The Morgan fingerprint density at radius 1 is 1.37 bits per heavy atom. The predicted octanol–water partition coefficient (Wildman–Crippen LogP) is -2.05. The van der Waals surface area contributed by atoms with Crippen LogP contribution in [0.2, 0.25) is 0 Å². The van der Waals surface area contributed by atoms with E-state index >= 15 is 0 Å². The summed E-state index contributed by atoms with van der Waals surface area (Å²) in [6.45, 7) is 1.57. The third-order valence-corrected chi connectivity index (χ3v) is 9.43. The fourth-order valence-electron chi connectivity index (χ4n) is 4.28. The Bertz CT molecular complexity index is 1700. The number of carboxylic acids is 2. The summed E-state index contributed by atoms with van der Waals surface area (Å²) in [6.07, 6.45) is 0.329. The van der Waals surface area contributed by atoms with Gasteiger partial charge in [0.15, 0.2) is 17.2 Å². The maximum atomic E-state index is 13.2. The van der Waals surface area contributed by atoms with Gasteiger partial charge in [0.05, 0.1) is 24.8 Å². The van der Waals surface area contributed by atoms with Crippen LogP contribution in [0.15, 0.2) is 39.4 Å². The molecule has 0 radical (unpaired) electrons. The molecule has 3 aromatic rings. The van der Waals surface area contributed by atoms with E-state index in [9.17, 15) is 29.4 Å². The number of anilines is 2. The molecule has 5 rings (SSSR count).